The SMILES string of the molecule is Nc1c(C(=O)N2CCCN3CCCC3C2)n[nH]c1C1CC1. The fourth-order valence-corrected chi connectivity index (χ4v) is 3.75. The number of anilines is 1. The van der Waals surface area contributed by atoms with Gasteiger partial charge in [0.05, 0.1) is 11.4 Å². The van der Waals surface area contributed by atoms with E-state index in [0.29, 0.717) is 23.3 Å². The number of amides is 1. The van der Waals surface area contributed by atoms with E-state index >= 15 is 0 Å². The third kappa shape index (κ3) is 2.31. The van der Waals surface area contributed by atoms with Crippen LogP contribution in [0.3, 0.4) is 0 Å². The first kappa shape index (κ1) is 13.1. The van der Waals surface area contributed by atoms with Crippen molar-refractivity contribution in [3.05, 3.63) is 11.4 Å². The van der Waals surface area contributed by atoms with Crippen LogP contribution in [-0.4, -0.2) is 58.1 Å². The van der Waals surface area contributed by atoms with Gasteiger partial charge in [-0.05, 0) is 38.6 Å². The molecule has 21 heavy (non-hydrogen) atoms. The Labute approximate surface area is 124 Å². The topological polar surface area (TPSA) is 78.2 Å². The summed E-state index contributed by atoms with van der Waals surface area (Å²) in [5, 5.41) is 7.20. The van der Waals surface area contributed by atoms with Gasteiger partial charge in [-0.2, -0.15) is 5.10 Å². The number of carbonyl (C=O) groups is 1. The first-order chi connectivity index (χ1) is 10.2. The number of aromatic nitrogens is 2. The minimum absolute atomic E-state index is 0.00407. The lowest BCUT2D eigenvalue weighted by Gasteiger charge is -2.25. The van der Waals surface area contributed by atoms with Crippen LogP contribution in [0.2, 0.25) is 0 Å². The number of aromatic amines is 1. The Kier molecular flexibility index (Phi) is 3.14. The number of nitrogens with zero attached hydrogens (tertiary/aromatic N) is 3. The molecule has 1 aromatic heterocycles. The standard InChI is InChI=1S/C15H23N5O/c16-12-13(10-4-5-10)17-18-14(12)15(21)20-8-2-7-19-6-1-3-11(19)9-20/h10-11H,1-9,16H2,(H,17,18). The van der Waals surface area contributed by atoms with Gasteiger partial charge in [-0.25, -0.2) is 0 Å². The Balaban J connectivity index is 1.53. The van der Waals surface area contributed by atoms with Crippen molar-refractivity contribution in [1.82, 2.24) is 20.0 Å². The minimum atomic E-state index is 0.00407. The highest BCUT2D eigenvalue weighted by molar-refractivity contribution is 5.97. The molecule has 3 fully saturated rings. The maximum Gasteiger partial charge on any atom is 0.276 e. The summed E-state index contributed by atoms with van der Waals surface area (Å²) < 4.78 is 0. The van der Waals surface area contributed by atoms with Gasteiger partial charge < -0.3 is 10.6 Å². The highest BCUT2D eigenvalue weighted by atomic mass is 16.2. The summed E-state index contributed by atoms with van der Waals surface area (Å²) in [5.41, 5.74) is 8.13. The van der Waals surface area contributed by atoms with Crippen molar-refractivity contribution in [3.63, 3.8) is 0 Å². The number of fused-ring (bicyclic) bond motifs is 1. The quantitative estimate of drug-likeness (QED) is 0.857. The summed E-state index contributed by atoms with van der Waals surface area (Å²) in [6.07, 6.45) is 5.81. The molecule has 0 aromatic carbocycles. The molecule has 114 valence electrons. The second kappa shape index (κ2) is 5.02. The summed E-state index contributed by atoms with van der Waals surface area (Å²) >= 11 is 0. The summed E-state index contributed by atoms with van der Waals surface area (Å²) in [4.78, 5) is 17.2. The Hall–Kier alpha value is -1.56. The lowest BCUT2D eigenvalue weighted by molar-refractivity contribution is 0.0738. The Morgan fingerprint density at radius 3 is 2.81 bits per heavy atom. The number of nitrogens with two attached hydrogens (primary N) is 1. The van der Waals surface area contributed by atoms with E-state index in [0.717, 1.165) is 44.6 Å². The van der Waals surface area contributed by atoms with Crippen molar-refractivity contribution in [2.75, 3.05) is 31.9 Å². The lowest BCUT2D eigenvalue weighted by Crippen LogP contribution is -2.40. The third-order valence-electron chi connectivity index (χ3n) is 5.11. The molecule has 6 heteroatoms. The highest BCUT2D eigenvalue weighted by Gasteiger charge is 2.34. The summed E-state index contributed by atoms with van der Waals surface area (Å²) in [7, 11) is 0. The Bertz CT molecular complexity index is 550. The van der Waals surface area contributed by atoms with Crippen molar-refractivity contribution < 1.29 is 4.79 Å². The molecule has 0 spiro atoms. The maximum atomic E-state index is 12.8. The van der Waals surface area contributed by atoms with E-state index in [1.165, 1.54) is 19.4 Å². The molecule has 0 bridgehead atoms. The van der Waals surface area contributed by atoms with Crippen LogP contribution in [0.25, 0.3) is 0 Å². The molecule has 1 aliphatic carbocycles. The number of hydrogen-bond acceptors (Lipinski definition) is 4. The van der Waals surface area contributed by atoms with Gasteiger partial charge >= 0.3 is 0 Å². The van der Waals surface area contributed by atoms with Crippen LogP contribution in [0.15, 0.2) is 0 Å². The highest BCUT2D eigenvalue weighted by Crippen LogP contribution is 2.42. The van der Waals surface area contributed by atoms with Crippen LogP contribution in [0, 0.1) is 0 Å². The molecule has 0 radical (unpaired) electrons. The average Bonchev–Trinajstić information content (AvgIpc) is 3.17. The molecule has 1 amide bonds. The first-order valence-electron chi connectivity index (χ1n) is 8.11. The molecule has 1 aromatic rings. The molecule has 2 aliphatic heterocycles. The van der Waals surface area contributed by atoms with Gasteiger partial charge in [0.2, 0.25) is 0 Å². The zero-order valence-corrected chi connectivity index (χ0v) is 12.3. The van der Waals surface area contributed by atoms with Gasteiger partial charge in [0, 0.05) is 31.6 Å². The van der Waals surface area contributed by atoms with Gasteiger partial charge in [-0.15, -0.1) is 0 Å². The molecule has 1 atom stereocenters. The van der Waals surface area contributed by atoms with Crippen LogP contribution < -0.4 is 5.73 Å². The predicted octanol–water partition coefficient (Wildman–Crippen LogP) is 1.18. The lowest BCUT2D eigenvalue weighted by atomic mass is 10.2. The molecular weight excluding hydrogens is 266 g/mol. The Morgan fingerprint density at radius 2 is 2.00 bits per heavy atom. The van der Waals surface area contributed by atoms with Crippen molar-refractivity contribution in [3.8, 4) is 0 Å². The van der Waals surface area contributed by atoms with E-state index in [-0.39, 0.29) is 5.91 Å². The third-order valence-corrected chi connectivity index (χ3v) is 5.11. The fraction of sp³-hybridized carbons (Fsp3) is 0.733. The molecule has 3 N–H and O–H groups in total. The smallest absolute Gasteiger partial charge is 0.276 e. The summed E-state index contributed by atoms with van der Waals surface area (Å²) in [6.45, 7) is 3.93. The minimum Gasteiger partial charge on any atom is -0.395 e. The predicted molar refractivity (Wildman–Crippen MR) is 80.1 cm³/mol. The van der Waals surface area contributed by atoms with E-state index < -0.39 is 0 Å². The normalized spacial score (nSPS) is 26.7. The monoisotopic (exact) mass is 289 g/mol. The number of carbonyl (C=O) groups excluding carboxylic acids is 1. The molecule has 4 rings (SSSR count). The van der Waals surface area contributed by atoms with Gasteiger partial charge in [0.25, 0.3) is 5.91 Å². The zero-order valence-electron chi connectivity index (χ0n) is 12.3. The maximum absolute atomic E-state index is 12.8. The van der Waals surface area contributed by atoms with Gasteiger partial charge in [-0.1, -0.05) is 0 Å². The summed E-state index contributed by atoms with van der Waals surface area (Å²) in [6, 6.07) is 0.527. The average molecular weight is 289 g/mol. The van der Waals surface area contributed by atoms with Gasteiger partial charge in [0.15, 0.2) is 5.69 Å². The van der Waals surface area contributed by atoms with Crippen LogP contribution in [-0.2, 0) is 0 Å². The van der Waals surface area contributed by atoms with Crippen molar-refractivity contribution in [2.45, 2.75) is 44.1 Å². The van der Waals surface area contributed by atoms with Crippen LogP contribution >= 0.6 is 0 Å². The van der Waals surface area contributed by atoms with Crippen molar-refractivity contribution >= 4 is 11.6 Å². The molecule has 3 aliphatic rings. The second-order valence-electron chi connectivity index (χ2n) is 6.61. The van der Waals surface area contributed by atoms with Crippen molar-refractivity contribution in [2.24, 2.45) is 0 Å². The first-order valence-corrected chi connectivity index (χ1v) is 8.11. The number of nitrogen functional groups attached to an aromatic ring is 1. The number of nitrogens with one attached hydrogen (secondary N) is 1. The van der Waals surface area contributed by atoms with Crippen LogP contribution in [0.4, 0.5) is 5.69 Å². The van der Waals surface area contributed by atoms with E-state index in [1.807, 2.05) is 4.90 Å². The van der Waals surface area contributed by atoms with Crippen LogP contribution in [0.1, 0.15) is 54.2 Å². The van der Waals surface area contributed by atoms with E-state index in [9.17, 15) is 4.79 Å². The fourth-order valence-electron chi connectivity index (χ4n) is 3.75. The number of H-pyrrole nitrogens is 1. The van der Waals surface area contributed by atoms with Gasteiger partial charge in [-0.3, -0.25) is 14.8 Å². The molecule has 1 saturated carbocycles. The largest absolute Gasteiger partial charge is 0.395 e. The van der Waals surface area contributed by atoms with Crippen LogP contribution in [0.5, 0.6) is 0 Å². The zero-order chi connectivity index (χ0) is 14.4. The summed E-state index contributed by atoms with van der Waals surface area (Å²) in [5.74, 6) is 0.498. The molecular formula is C15H23N5O. The molecule has 2 saturated heterocycles. The molecule has 3 heterocycles. The van der Waals surface area contributed by atoms with E-state index in [4.69, 9.17) is 5.73 Å². The molecule has 1 unspecified atom stereocenters. The Morgan fingerprint density at radius 1 is 1.19 bits per heavy atom. The number of hydrogen-bond donors (Lipinski definition) is 2. The number of rotatable bonds is 2. The molecule has 6 nitrogen and oxygen atoms in total. The van der Waals surface area contributed by atoms with Gasteiger partial charge in [0.1, 0.15) is 0 Å². The van der Waals surface area contributed by atoms with Crippen molar-refractivity contribution in [1.29, 1.82) is 0 Å². The second-order valence-corrected chi connectivity index (χ2v) is 6.61. The van der Waals surface area contributed by atoms with E-state index in [2.05, 4.69) is 15.1 Å². The van der Waals surface area contributed by atoms with E-state index in [1.54, 1.807) is 0 Å².